The summed E-state index contributed by atoms with van der Waals surface area (Å²) in [4.78, 5) is 11.8. The van der Waals surface area contributed by atoms with Crippen LogP contribution in [0.4, 0.5) is 0 Å². The normalized spacial score (nSPS) is 13.0. The molecule has 0 heterocycles. The van der Waals surface area contributed by atoms with Crippen LogP contribution in [0.25, 0.3) is 0 Å². The van der Waals surface area contributed by atoms with Crippen molar-refractivity contribution in [3.63, 3.8) is 0 Å². The van der Waals surface area contributed by atoms with E-state index in [0.29, 0.717) is 18.3 Å². The van der Waals surface area contributed by atoms with Crippen molar-refractivity contribution in [2.45, 2.75) is 233 Å². The van der Waals surface area contributed by atoms with Crippen molar-refractivity contribution >= 4 is 5.97 Å². The van der Waals surface area contributed by atoms with E-state index < -0.39 is 5.97 Å². The van der Waals surface area contributed by atoms with Gasteiger partial charge in [0.05, 0.1) is 0 Å². The summed E-state index contributed by atoms with van der Waals surface area (Å²) < 4.78 is 0. The Hall–Kier alpha value is -0.530. The second-order valence-electron chi connectivity index (χ2n) is 13.7. The summed E-state index contributed by atoms with van der Waals surface area (Å²) in [6, 6.07) is 0. The van der Waals surface area contributed by atoms with Crippen molar-refractivity contribution < 1.29 is 9.90 Å². The highest BCUT2D eigenvalue weighted by Gasteiger charge is 2.23. The minimum Gasteiger partial charge on any atom is -0.481 e. The maximum absolute atomic E-state index is 11.8. The molecule has 0 radical (unpaired) electrons. The minimum absolute atomic E-state index is 0.398. The first-order chi connectivity index (χ1) is 20.2. The maximum Gasteiger partial charge on any atom is 0.303 e. The highest BCUT2D eigenvalue weighted by atomic mass is 16.4. The molecule has 0 aromatic carbocycles. The van der Waals surface area contributed by atoms with Crippen LogP contribution in [0, 0.1) is 11.8 Å². The Labute approximate surface area is 260 Å². The van der Waals surface area contributed by atoms with Gasteiger partial charge in [0.2, 0.25) is 0 Å². The van der Waals surface area contributed by atoms with Gasteiger partial charge in [-0.2, -0.15) is 0 Å². The molecule has 0 amide bonds. The third-order valence-corrected chi connectivity index (χ3v) is 9.64. The Morgan fingerprint density at radius 3 is 0.829 bits per heavy atom. The van der Waals surface area contributed by atoms with E-state index in [2.05, 4.69) is 20.8 Å². The van der Waals surface area contributed by atoms with Gasteiger partial charge in [-0.1, -0.05) is 220 Å². The first-order valence-electron chi connectivity index (χ1n) is 19.4. The molecule has 41 heavy (non-hydrogen) atoms. The van der Waals surface area contributed by atoms with Gasteiger partial charge < -0.3 is 5.11 Å². The van der Waals surface area contributed by atoms with Gasteiger partial charge in [0.1, 0.15) is 0 Å². The molecule has 0 saturated carbocycles. The van der Waals surface area contributed by atoms with Crippen molar-refractivity contribution in [3.05, 3.63) is 0 Å². The Kier molecular flexibility index (Phi) is 33.5. The lowest BCUT2D eigenvalue weighted by atomic mass is 9.79. The predicted molar refractivity (Wildman–Crippen MR) is 184 cm³/mol. The summed E-state index contributed by atoms with van der Waals surface area (Å²) in [5, 5.41) is 9.71. The van der Waals surface area contributed by atoms with Crippen molar-refractivity contribution in [1.82, 2.24) is 0 Å². The maximum atomic E-state index is 11.8. The Balaban J connectivity index is 4.18. The fraction of sp³-hybridized carbons (Fsp3) is 0.974. The van der Waals surface area contributed by atoms with Gasteiger partial charge in [0, 0.05) is 6.42 Å². The van der Waals surface area contributed by atoms with Crippen molar-refractivity contribution in [1.29, 1.82) is 0 Å². The largest absolute Gasteiger partial charge is 0.481 e. The van der Waals surface area contributed by atoms with Gasteiger partial charge in [-0.15, -0.1) is 0 Å². The quantitative estimate of drug-likeness (QED) is 0.0759. The van der Waals surface area contributed by atoms with Crippen LogP contribution in [-0.2, 0) is 4.79 Å². The number of hydrogen-bond acceptors (Lipinski definition) is 1. The molecule has 2 atom stereocenters. The Bertz CT molecular complexity index is 502. The summed E-state index contributed by atoms with van der Waals surface area (Å²) in [5.41, 5.74) is 0. The molecule has 0 rings (SSSR count). The Morgan fingerprint density at radius 1 is 0.366 bits per heavy atom. The summed E-state index contributed by atoms with van der Waals surface area (Å²) in [6.07, 6.45) is 44.0. The molecule has 246 valence electrons. The van der Waals surface area contributed by atoms with E-state index in [1.165, 1.54) is 199 Å². The summed E-state index contributed by atoms with van der Waals surface area (Å²) in [7, 11) is 0. The van der Waals surface area contributed by atoms with E-state index in [1.54, 1.807) is 0 Å². The fourth-order valence-electron chi connectivity index (χ4n) is 6.85. The van der Waals surface area contributed by atoms with Crippen molar-refractivity contribution in [3.8, 4) is 0 Å². The van der Waals surface area contributed by atoms with Gasteiger partial charge in [-0.05, 0) is 18.3 Å². The van der Waals surface area contributed by atoms with Crippen LogP contribution in [-0.4, -0.2) is 11.1 Å². The Morgan fingerprint density at radius 2 is 0.585 bits per heavy atom. The fourth-order valence-corrected chi connectivity index (χ4v) is 6.85. The van der Waals surface area contributed by atoms with Gasteiger partial charge in [-0.3, -0.25) is 4.79 Å². The molecular weight excluding hydrogens is 500 g/mol. The second kappa shape index (κ2) is 34.0. The number of carboxylic acid groups (broad SMARTS) is 1. The third-order valence-electron chi connectivity index (χ3n) is 9.64. The first kappa shape index (κ1) is 40.5. The van der Waals surface area contributed by atoms with Crippen LogP contribution < -0.4 is 0 Å². The van der Waals surface area contributed by atoms with Crippen LogP contribution in [0.5, 0.6) is 0 Å². The molecule has 2 nitrogen and oxygen atoms in total. The summed E-state index contributed by atoms with van der Waals surface area (Å²) in [5.74, 6) is 0.455. The number of carboxylic acids is 1. The lowest BCUT2D eigenvalue weighted by Gasteiger charge is -2.27. The number of rotatable bonds is 35. The average Bonchev–Trinajstić information content (AvgIpc) is 2.96. The SMILES string of the molecule is CCCCCCCCCCCCCCCCCCC(CCCCCCC)C(CCCCCCCCCC)CC(=O)O. The van der Waals surface area contributed by atoms with Crippen LogP contribution in [0.1, 0.15) is 233 Å². The second-order valence-corrected chi connectivity index (χ2v) is 13.7. The molecule has 2 unspecified atom stereocenters. The smallest absolute Gasteiger partial charge is 0.303 e. The molecule has 0 bridgehead atoms. The lowest BCUT2D eigenvalue weighted by Crippen LogP contribution is -2.19. The third kappa shape index (κ3) is 30.7. The summed E-state index contributed by atoms with van der Waals surface area (Å²) >= 11 is 0. The van der Waals surface area contributed by atoms with E-state index in [1.807, 2.05) is 0 Å². The zero-order chi connectivity index (χ0) is 30.1. The number of aliphatic carboxylic acids is 1. The van der Waals surface area contributed by atoms with Gasteiger partial charge in [0.15, 0.2) is 0 Å². The number of hydrogen-bond donors (Lipinski definition) is 1. The minimum atomic E-state index is -0.572. The van der Waals surface area contributed by atoms with Gasteiger partial charge in [-0.25, -0.2) is 0 Å². The number of unbranched alkanes of at least 4 members (excludes halogenated alkanes) is 26. The van der Waals surface area contributed by atoms with E-state index in [-0.39, 0.29) is 0 Å². The van der Waals surface area contributed by atoms with Gasteiger partial charge >= 0.3 is 5.97 Å². The van der Waals surface area contributed by atoms with Crippen molar-refractivity contribution in [2.75, 3.05) is 0 Å². The van der Waals surface area contributed by atoms with Crippen LogP contribution in [0.3, 0.4) is 0 Å². The van der Waals surface area contributed by atoms with Crippen LogP contribution >= 0.6 is 0 Å². The molecule has 0 fully saturated rings. The molecular formula is C39H78O2. The van der Waals surface area contributed by atoms with Crippen molar-refractivity contribution in [2.24, 2.45) is 11.8 Å². The molecule has 0 aliphatic carbocycles. The molecule has 2 heteroatoms. The molecule has 1 N–H and O–H groups in total. The topological polar surface area (TPSA) is 37.3 Å². The van der Waals surface area contributed by atoms with E-state index in [4.69, 9.17) is 0 Å². The zero-order valence-corrected chi connectivity index (χ0v) is 28.8. The lowest BCUT2D eigenvalue weighted by molar-refractivity contribution is -0.138. The van der Waals surface area contributed by atoms with Crippen LogP contribution in [0.15, 0.2) is 0 Å². The van der Waals surface area contributed by atoms with E-state index in [9.17, 15) is 9.90 Å². The van der Waals surface area contributed by atoms with Crippen LogP contribution in [0.2, 0.25) is 0 Å². The standard InChI is InChI=1S/C39H78O2/c1-4-7-10-13-15-17-18-19-20-21-22-23-24-26-28-31-34-37(33-30-27-12-9-6-3)38(36-39(40)41)35-32-29-25-16-14-11-8-5-2/h37-38H,4-36H2,1-3H3,(H,40,41). The zero-order valence-electron chi connectivity index (χ0n) is 28.8. The molecule has 0 aliphatic rings. The average molecular weight is 579 g/mol. The highest BCUT2D eigenvalue weighted by molar-refractivity contribution is 5.67. The highest BCUT2D eigenvalue weighted by Crippen LogP contribution is 2.32. The van der Waals surface area contributed by atoms with E-state index >= 15 is 0 Å². The molecule has 0 aromatic rings. The predicted octanol–water partition coefficient (Wildman–Crippen LogP) is 14.2. The summed E-state index contributed by atoms with van der Waals surface area (Å²) in [6.45, 7) is 6.86. The molecule has 0 aromatic heterocycles. The molecule has 0 spiro atoms. The first-order valence-corrected chi connectivity index (χ1v) is 19.4. The van der Waals surface area contributed by atoms with E-state index in [0.717, 1.165) is 6.42 Å². The number of carbonyl (C=O) groups is 1. The molecule has 0 saturated heterocycles. The monoisotopic (exact) mass is 579 g/mol. The van der Waals surface area contributed by atoms with Gasteiger partial charge in [0.25, 0.3) is 0 Å². The molecule has 0 aliphatic heterocycles.